The van der Waals surface area contributed by atoms with E-state index in [0.717, 1.165) is 16.5 Å². The maximum atomic E-state index is 12.4. The Labute approximate surface area is 146 Å². The van der Waals surface area contributed by atoms with Gasteiger partial charge in [0.25, 0.3) is 0 Å². The summed E-state index contributed by atoms with van der Waals surface area (Å²) in [7, 11) is 0. The van der Waals surface area contributed by atoms with Crippen molar-refractivity contribution in [1.29, 1.82) is 0 Å². The smallest absolute Gasteiger partial charge is 0.344 e. The van der Waals surface area contributed by atoms with Gasteiger partial charge in [0.1, 0.15) is 11.3 Å². The van der Waals surface area contributed by atoms with Gasteiger partial charge in [-0.15, -0.1) is 0 Å². The molecular weight excluding hydrogens is 316 g/mol. The molecule has 0 fully saturated rings. The third-order valence-electron chi connectivity index (χ3n) is 4.02. The molecule has 0 saturated carbocycles. The van der Waals surface area contributed by atoms with Gasteiger partial charge in [0.05, 0.1) is 11.0 Å². The second kappa shape index (κ2) is 6.20. The van der Waals surface area contributed by atoms with Crippen LogP contribution in [0.4, 0.5) is 0 Å². The molecular formula is C21H20O4. The zero-order chi connectivity index (χ0) is 18.2. The summed E-state index contributed by atoms with van der Waals surface area (Å²) in [5.74, 6) is 0.119. The SMILES string of the molecule is Cc1c(-c2ccccc2)c(=O)oc2ccc(OC(=O)C(C)(C)C)cc12. The normalized spacial score (nSPS) is 11.5. The van der Waals surface area contributed by atoms with E-state index in [1.807, 2.05) is 37.3 Å². The van der Waals surface area contributed by atoms with Gasteiger partial charge in [-0.3, -0.25) is 4.79 Å². The van der Waals surface area contributed by atoms with Crippen molar-refractivity contribution in [3.05, 3.63) is 64.5 Å². The maximum absolute atomic E-state index is 12.4. The van der Waals surface area contributed by atoms with E-state index >= 15 is 0 Å². The van der Waals surface area contributed by atoms with Crippen molar-refractivity contribution in [2.75, 3.05) is 0 Å². The number of carbonyl (C=O) groups excluding carboxylic acids is 1. The van der Waals surface area contributed by atoms with Gasteiger partial charge < -0.3 is 9.15 Å². The van der Waals surface area contributed by atoms with Crippen LogP contribution in [0.25, 0.3) is 22.1 Å². The second-order valence-corrected chi connectivity index (χ2v) is 7.05. The lowest BCUT2D eigenvalue weighted by Gasteiger charge is -2.16. The molecule has 3 rings (SSSR count). The van der Waals surface area contributed by atoms with Crippen LogP contribution >= 0.6 is 0 Å². The molecule has 0 radical (unpaired) electrons. The Morgan fingerprint density at radius 2 is 1.72 bits per heavy atom. The lowest BCUT2D eigenvalue weighted by Crippen LogP contribution is -2.25. The number of benzene rings is 2. The van der Waals surface area contributed by atoms with E-state index in [1.165, 1.54) is 0 Å². The summed E-state index contributed by atoms with van der Waals surface area (Å²) >= 11 is 0. The third kappa shape index (κ3) is 3.33. The van der Waals surface area contributed by atoms with Crippen LogP contribution in [0.15, 0.2) is 57.7 Å². The first-order valence-electron chi connectivity index (χ1n) is 8.12. The van der Waals surface area contributed by atoms with Crippen molar-refractivity contribution in [3.63, 3.8) is 0 Å². The van der Waals surface area contributed by atoms with Gasteiger partial charge in [0.2, 0.25) is 0 Å². The fourth-order valence-electron chi connectivity index (χ4n) is 2.59. The molecule has 2 aromatic carbocycles. The van der Waals surface area contributed by atoms with Crippen molar-refractivity contribution in [2.24, 2.45) is 5.41 Å². The van der Waals surface area contributed by atoms with Crippen molar-refractivity contribution in [3.8, 4) is 16.9 Å². The Kier molecular flexibility index (Phi) is 4.21. The average molecular weight is 336 g/mol. The zero-order valence-electron chi connectivity index (χ0n) is 14.8. The molecule has 0 atom stereocenters. The number of rotatable bonds is 2. The third-order valence-corrected chi connectivity index (χ3v) is 4.02. The van der Waals surface area contributed by atoms with Crippen LogP contribution in [0, 0.1) is 12.3 Å². The van der Waals surface area contributed by atoms with Gasteiger partial charge in [-0.05, 0) is 57.0 Å². The second-order valence-electron chi connectivity index (χ2n) is 7.05. The fourth-order valence-corrected chi connectivity index (χ4v) is 2.59. The van der Waals surface area contributed by atoms with Gasteiger partial charge in [-0.1, -0.05) is 30.3 Å². The van der Waals surface area contributed by atoms with E-state index in [9.17, 15) is 9.59 Å². The summed E-state index contributed by atoms with van der Waals surface area (Å²) in [4.78, 5) is 24.5. The largest absolute Gasteiger partial charge is 0.426 e. The quantitative estimate of drug-likeness (QED) is 0.386. The summed E-state index contributed by atoms with van der Waals surface area (Å²) in [6.07, 6.45) is 0. The minimum Gasteiger partial charge on any atom is -0.426 e. The molecule has 0 aliphatic rings. The number of esters is 1. The molecule has 0 N–H and O–H groups in total. The number of ether oxygens (including phenoxy) is 1. The number of fused-ring (bicyclic) bond motifs is 1. The minimum absolute atomic E-state index is 0.315. The highest BCUT2D eigenvalue weighted by molar-refractivity contribution is 5.88. The van der Waals surface area contributed by atoms with E-state index < -0.39 is 5.41 Å². The summed E-state index contributed by atoms with van der Waals surface area (Å²) in [6.45, 7) is 7.27. The van der Waals surface area contributed by atoms with Crippen molar-refractivity contribution in [1.82, 2.24) is 0 Å². The number of hydrogen-bond donors (Lipinski definition) is 0. The van der Waals surface area contributed by atoms with Crippen LogP contribution < -0.4 is 10.4 Å². The highest BCUT2D eigenvalue weighted by Crippen LogP contribution is 2.30. The molecule has 0 saturated heterocycles. The maximum Gasteiger partial charge on any atom is 0.344 e. The average Bonchev–Trinajstić information content (AvgIpc) is 2.55. The Morgan fingerprint density at radius 3 is 2.36 bits per heavy atom. The summed E-state index contributed by atoms with van der Waals surface area (Å²) in [5, 5.41) is 0.748. The Balaban J connectivity index is 2.13. The number of carbonyl (C=O) groups is 1. The molecule has 128 valence electrons. The van der Waals surface area contributed by atoms with Crippen LogP contribution in [0.2, 0.25) is 0 Å². The lowest BCUT2D eigenvalue weighted by atomic mass is 9.97. The van der Waals surface area contributed by atoms with Gasteiger partial charge in [0.15, 0.2) is 0 Å². The van der Waals surface area contributed by atoms with Gasteiger partial charge in [-0.2, -0.15) is 0 Å². The highest BCUT2D eigenvalue weighted by Gasteiger charge is 2.24. The first-order valence-corrected chi connectivity index (χ1v) is 8.12. The Hall–Kier alpha value is -2.88. The molecule has 25 heavy (non-hydrogen) atoms. The molecule has 4 nitrogen and oxygen atoms in total. The van der Waals surface area contributed by atoms with Crippen LogP contribution in [-0.4, -0.2) is 5.97 Å². The van der Waals surface area contributed by atoms with E-state index in [2.05, 4.69) is 0 Å². The standard InChI is InChI=1S/C21H20O4/c1-13-16-12-15(24-20(23)21(2,3)4)10-11-17(16)25-19(22)18(13)14-8-6-5-7-9-14/h5-12H,1-4H3. The van der Waals surface area contributed by atoms with Gasteiger partial charge >= 0.3 is 11.6 Å². The van der Waals surface area contributed by atoms with Gasteiger partial charge in [0, 0.05) is 5.39 Å². The molecule has 0 aliphatic heterocycles. The Bertz CT molecular complexity index is 992. The van der Waals surface area contributed by atoms with E-state index in [-0.39, 0.29) is 11.6 Å². The predicted octanol–water partition coefficient (Wildman–Crippen LogP) is 4.72. The molecule has 0 amide bonds. The topological polar surface area (TPSA) is 56.5 Å². The van der Waals surface area contributed by atoms with Crippen LogP contribution in [0.1, 0.15) is 26.3 Å². The summed E-state index contributed by atoms with van der Waals surface area (Å²) in [6, 6.07) is 14.4. The predicted molar refractivity (Wildman–Crippen MR) is 97.7 cm³/mol. The van der Waals surface area contributed by atoms with E-state index in [0.29, 0.717) is 16.9 Å². The number of aryl methyl sites for hydroxylation is 1. The molecule has 0 bridgehead atoms. The first kappa shape index (κ1) is 17.0. The van der Waals surface area contributed by atoms with Crippen molar-refractivity contribution >= 4 is 16.9 Å². The summed E-state index contributed by atoms with van der Waals surface area (Å²) < 4.78 is 10.9. The molecule has 0 spiro atoms. The van der Waals surface area contributed by atoms with Crippen LogP contribution in [0.5, 0.6) is 5.75 Å². The highest BCUT2D eigenvalue weighted by atomic mass is 16.5. The Morgan fingerprint density at radius 1 is 1.04 bits per heavy atom. The first-order chi connectivity index (χ1) is 11.8. The van der Waals surface area contributed by atoms with E-state index in [1.54, 1.807) is 39.0 Å². The number of hydrogen-bond acceptors (Lipinski definition) is 4. The molecule has 3 aromatic rings. The molecule has 1 aromatic heterocycles. The van der Waals surface area contributed by atoms with Crippen molar-refractivity contribution < 1.29 is 13.9 Å². The minimum atomic E-state index is -0.595. The lowest BCUT2D eigenvalue weighted by molar-refractivity contribution is -0.142. The fraction of sp³-hybridized carbons (Fsp3) is 0.238. The molecule has 4 heteroatoms. The van der Waals surface area contributed by atoms with E-state index in [4.69, 9.17) is 9.15 Å². The zero-order valence-corrected chi connectivity index (χ0v) is 14.8. The molecule has 0 unspecified atom stereocenters. The van der Waals surface area contributed by atoms with Crippen molar-refractivity contribution in [2.45, 2.75) is 27.7 Å². The summed E-state index contributed by atoms with van der Waals surface area (Å²) in [5.41, 5.74) is 1.61. The molecule has 0 aliphatic carbocycles. The monoisotopic (exact) mass is 336 g/mol. The van der Waals surface area contributed by atoms with Gasteiger partial charge in [-0.25, -0.2) is 4.79 Å². The van der Waals surface area contributed by atoms with Crippen LogP contribution in [0.3, 0.4) is 0 Å². The molecule has 1 heterocycles. The van der Waals surface area contributed by atoms with Crippen LogP contribution in [-0.2, 0) is 4.79 Å².